The fraction of sp³-hybridized carbons (Fsp3) is 0.938. The van der Waals surface area contributed by atoms with E-state index in [0.29, 0.717) is 25.7 Å². The van der Waals surface area contributed by atoms with E-state index in [1.807, 2.05) is 0 Å². The molecular formula is C64H124O17P2. The van der Waals surface area contributed by atoms with Crippen LogP contribution in [0.4, 0.5) is 0 Å². The molecule has 0 bridgehead atoms. The third-order valence-corrected chi connectivity index (χ3v) is 17.0. The highest BCUT2D eigenvalue weighted by molar-refractivity contribution is 7.47. The zero-order chi connectivity index (χ0) is 61.3. The van der Waals surface area contributed by atoms with Crippen LogP contribution in [0.1, 0.15) is 324 Å². The summed E-state index contributed by atoms with van der Waals surface area (Å²) in [6, 6.07) is 0. The molecule has 3 N–H and O–H groups in total. The molecule has 3 unspecified atom stereocenters. The summed E-state index contributed by atoms with van der Waals surface area (Å²) in [5.74, 6) is -1.38. The van der Waals surface area contributed by atoms with Gasteiger partial charge in [-0.15, -0.1) is 0 Å². The van der Waals surface area contributed by atoms with Crippen LogP contribution in [0.15, 0.2) is 0 Å². The Balaban J connectivity index is 5.04. The molecule has 17 nitrogen and oxygen atoms in total. The van der Waals surface area contributed by atoms with E-state index in [4.69, 9.17) is 37.0 Å². The third-order valence-electron chi connectivity index (χ3n) is 15.1. The molecule has 492 valence electrons. The Morgan fingerprint density at radius 1 is 0.337 bits per heavy atom. The van der Waals surface area contributed by atoms with E-state index >= 15 is 0 Å². The van der Waals surface area contributed by atoms with Gasteiger partial charge in [-0.25, -0.2) is 9.13 Å². The average molecular weight is 1230 g/mol. The summed E-state index contributed by atoms with van der Waals surface area (Å²) >= 11 is 0. The van der Waals surface area contributed by atoms with Crippen molar-refractivity contribution in [2.24, 2.45) is 5.92 Å². The van der Waals surface area contributed by atoms with Crippen LogP contribution in [0.2, 0.25) is 0 Å². The summed E-state index contributed by atoms with van der Waals surface area (Å²) in [5, 5.41) is 10.5. The first kappa shape index (κ1) is 81.1. The van der Waals surface area contributed by atoms with E-state index in [2.05, 4.69) is 34.6 Å². The van der Waals surface area contributed by atoms with Gasteiger partial charge >= 0.3 is 39.5 Å². The molecule has 0 saturated heterocycles. The second kappa shape index (κ2) is 57.8. The zero-order valence-electron chi connectivity index (χ0n) is 53.3. The van der Waals surface area contributed by atoms with Crippen molar-refractivity contribution >= 4 is 39.5 Å². The number of esters is 4. The maximum absolute atomic E-state index is 13.0. The molecular weight excluding hydrogens is 1100 g/mol. The van der Waals surface area contributed by atoms with Gasteiger partial charge in [-0.2, -0.15) is 0 Å². The lowest BCUT2D eigenvalue weighted by Gasteiger charge is -2.21. The van der Waals surface area contributed by atoms with E-state index < -0.39 is 97.5 Å². The largest absolute Gasteiger partial charge is 0.472 e. The van der Waals surface area contributed by atoms with Gasteiger partial charge in [-0.05, 0) is 31.6 Å². The quantitative estimate of drug-likeness (QED) is 0.0222. The van der Waals surface area contributed by atoms with Crippen LogP contribution in [0, 0.1) is 5.92 Å². The molecule has 0 saturated carbocycles. The van der Waals surface area contributed by atoms with E-state index in [1.165, 1.54) is 141 Å². The number of unbranched alkanes of at least 4 members (excludes halogenated alkanes) is 35. The second-order valence-electron chi connectivity index (χ2n) is 23.4. The second-order valence-corrected chi connectivity index (χ2v) is 26.3. The summed E-state index contributed by atoms with van der Waals surface area (Å²) in [4.78, 5) is 71.6. The van der Waals surface area contributed by atoms with Crippen molar-refractivity contribution in [1.29, 1.82) is 0 Å². The van der Waals surface area contributed by atoms with Gasteiger partial charge in [0.25, 0.3) is 0 Å². The first-order chi connectivity index (χ1) is 40.1. The molecule has 0 radical (unpaired) electrons. The molecule has 0 aliphatic rings. The lowest BCUT2D eigenvalue weighted by Crippen LogP contribution is -2.30. The van der Waals surface area contributed by atoms with Gasteiger partial charge in [-0.3, -0.25) is 37.3 Å². The van der Waals surface area contributed by atoms with Gasteiger partial charge in [0.05, 0.1) is 26.4 Å². The lowest BCUT2D eigenvalue weighted by molar-refractivity contribution is -0.161. The Labute approximate surface area is 505 Å². The SMILES string of the molecule is CCCCCCCCCCCCCCCCCCCCCCCC(=O)O[C@H](COC(=O)CCCCCCCCCCC(C)CC)COP(=O)(O)OC[C@@H](O)COP(=O)(O)OC[C@@H](COC(=O)CCCCCCC)OC(=O)CCCCCCC. The van der Waals surface area contributed by atoms with Crippen molar-refractivity contribution in [2.75, 3.05) is 39.6 Å². The van der Waals surface area contributed by atoms with E-state index in [0.717, 1.165) is 102 Å². The number of carbonyl (C=O) groups excluding carboxylic acids is 4. The van der Waals surface area contributed by atoms with Crippen molar-refractivity contribution in [3.05, 3.63) is 0 Å². The number of ether oxygens (including phenoxy) is 4. The molecule has 0 aromatic heterocycles. The topological polar surface area (TPSA) is 237 Å². The molecule has 0 aliphatic carbocycles. The normalized spacial score (nSPS) is 14.6. The third kappa shape index (κ3) is 57.6. The zero-order valence-corrected chi connectivity index (χ0v) is 55.1. The van der Waals surface area contributed by atoms with E-state index in [9.17, 15) is 43.2 Å². The molecule has 0 aromatic carbocycles. The van der Waals surface area contributed by atoms with Crippen LogP contribution in [-0.2, 0) is 65.4 Å². The smallest absolute Gasteiger partial charge is 0.462 e. The van der Waals surface area contributed by atoms with Crippen LogP contribution < -0.4 is 0 Å². The van der Waals surface area contributed by atoms with Gasteiger partial charge in [0, 0.05) is 25.7 Å². The monoisotopic (exact) mass is 1230 g/mol. The first-order valence-corrected chi connectivity index (χ1v) is 36.7. The number of rotatable bonds is 64. The van der Waals surface area contributed by atoms with Crippen molar-refractivity contribution in [1.82, 2.24) is 0 Å². The minimum Gasteiger partial charge on any atom is -0.462 e. The predicted octanol–water partition coefficient (Wildman–Crippen LogP) is 17.8. The Hall–Kier alpha value is -1.94. The number of aliphatic hydroxyl groups excluding tert-OH is 1. The number of hydrogen-bond acceptors (Lipinski definition) is 15. The molecule has 83 heavy (non-hydrogen) atoms. The highest BCUT2D eigenvalue weighted by atomic mass is 31.2. The first-order valence-electron chi connectivity index (χ1n) is 33.7. The maximum atomic E-state index is 13.0. The summed E-state index contributed by atoms with van der Waals surface area (Å²) in [5.41, 5.74) is 0. The lowest BCUT2D eigenvalue weighted by atomic mass is 9.99. The molecule has 0 rings (SSSR count). The highest BCUT2D eigenvalue weighted by Crippen LogP contribution is 2.45. The van der Waals surface area contributed by atoms with Gasteiger partial charge in [0.2, 0.25) is 0 Å². The highest BCUT2D eigenvalue weighted by Gasteiger charge is 2.30. The van der Waals surface area contributed by atoms with Gasteiger partial charge in [-0.1, -0.05) is 272 Å². The molecule has 6 atom stereocenters. The number of phosphoric ester groups is 2. The van der Waals surface area contributed by atoms with Gasteiger partial charge in [0.15, 0.2) is 12.2 Å². The maximum Gasteiger partial charge on any atom is 0.472 e. The summed E-state index contributed by atoms with van der Waals surface area (Å²) < 4.78 is 67.5. The molecule has 0 heterocycles. The van der Waals surface area contributed by atoms with E-state index in [-0.39, 0.29) is 25.7 Å². The van der Waals surface area contributed by atoms with Crippen molar-refractivity contribution < 1.29 is 80.2 Å². The van der Waals surface area contributed by atoms with Crippen molar-refractivity contribution in [3.8, 4) is 0 Å². The fourth-order valence-corrected chi connectivity index (χ4v) is 11.1. The van der Waals surface area contributed by atoms with Crippen LogP contribution >= 0.6 is 15.6 Å². The minimum absolute atomic E-state index is 0.0988. The van der Waals surface area contributed by atoms with Crippen LogP contribution in [0.5, 0.6) is 0 Å². The Morgan fingerprint density at radius 3 is 0.855 bits per heavy atom. The van der Waals surface area contributed by atoms with Gasteiger partial charge in [0.1, 0.15) is 19.3 Å². The van der Waals surface area contributed by atoms with Crippen LogP contribution in [0.25, 0.3) is 0 Å². The summed E-state index contributed by atoms with van der Waals surface area (Å²) in [6.45, 7) is 7.01. The number of hydrogen-bond donors (Lipinski definition) is 3. The van der Waals surface area contributed by atoms with Crippen LogP contribution in [0.3, 0.4) is 0 Å². The Morgan fingerprint density at radius 2 is 0.578 bits per heavy atom. The molecule has 19 heteroatoms. The summed E-state index contributed by atoms with van der Waals surface area (Å²) in [7, 11) is -9.86. The average Bonchev–Trinajstić information content (AvgIpc) is 3.46. The Bertz CT molecular complexity index is 1620. The van der Waals surface area contributed by atoms with Crippen molar-refractivity contribution in [3.63, 3.8) is 0 Å². The number of aliphatic hydroxyl groups is 1. The minimum atomic E-state index is -4.94. The van der Waals surface area contributed by atoms with E-state index in [1.54, 1.807) is 0 Å². The Kier molecular flexibility index (Phi) is 56.4. The standard InChI is InChI=1S/C64H124O17P2/c1-6-10-13-16-17-18-19-20-21-22-23-24-25-26-27-28-29-30-35-40-45-50-64(69)81-60(54-75-62(67)48-43-39-34-32-31-33-38-41-46-57(5)9-4)56-79-83(72,73)77-52-58(65)51-76-82(70,71)78-55-59(80-63(68)49-44-37-15-12-8-3)53-74-61(66)47-42-36-14-11-7-2/h57-60,65H,6-56H2,1-5H3,(H,70,71)(H,72,73)/t57?,58-,59+,60+/m0/s1. The summed E-state index contributed by atoms with van der Waals surface area (Å²) in [6.07, 6.45) is 42.7. The van der Waals surface area contributed by atoms with Crippen molar-refractivity contribution in [2.45, 2.75) is 342 Å². The van der Waals surface area contributed by atoms with Crippen LogP contribution in [-0.4, -0.2) is 96.7 Å². The molecule has 0 amide bonds. The molecule has 0 fully saturated rings. The molecule has 0 aliphatic heterocycles. The fourth-order valence-electron chi connectivity index (χ4n) is 9.55. The predicted molar refractivity (Wildman–Crippen MR) is 331 cm³/mol. The molecule has 0 spiro atoms. The number of carbonyl (C=O) groups is 4. The van der Waals surface area contributed by atoms with Gasteiger partial charge < -0.3 is 33.8 Å². The molecule has 0 aromatic rings. The number of phosphoric acid groups is 2.